The van der Waals surface area contributed by atoms with Gasteiger partial charge >= 0.3 is 0 Å². The van der Waals surface area contributed by atoms with Crippen LogP contribution >= 0.6 is 11.6 Å². The maximum absolute atomic E-state index is 12.3. The zero-order valence-corrected chi connectivity index (χ0v) is 11.8. The fourth-order valence-corrected chi connectivity index (χ4v) is 3.27. The van der Waals surface area contributed by atoms with Gasteiger partial charge in [0.15, 0.2) is 0 Å². The molecule has 1 spiro atoms. The van der Waals surface area contributed by atoms with Crippen molar-refractivity contribution in [1.82, 2.24) is 5.32 Å². The first-order chi connectivity index (χ1) is 9.64. The topological polar surface area (TPSA) is 64.9 Å². The van der Waals surface area contributed by atoms with Gasteiger partial charge in [-0.3, -0.25) is 4.79 Å². The lowest BCUT2D eigenvalue weighted by Crippen LogP contribution is -2.31. The van der Waals surface area contributed by atoms with Crippen LogP contribution in [0.4, 0.5) is 5.69 Å². The summed E-state index contributed by atoms with van der Waals surface area (Å²) >= 11 is 5.88. The lowest BCUT2D eigenvalue weighted by molar-refractivity contribution is -0.118. The Morgan fingerprint density at radius 1 is 1.45 bits per heavy atom. The summed E-state index contributed by atoms with van der Waals surface area (Å²) in [6.07, 6.45) is 3.14. The van der Waals surface area contributed by atoms with Crippen LogP contribution in [-0.4, -0.2) is 19.0 Å². The molecule has 104 valence electrons. The van der Waals surface area contributed by atoms with Crippen LogP contribution in [0.15, 0.2) is 18.2 Å². The third-order valence-electron chi connectivity index (χ3n) is 4.46. The fourth-order valence-electron chi connectivity index (χ4n) is 3.11. The minimum Gasteiger partial charge on any atom is -0.326 e. The third-order valence-corrected chi connectivity index (χ3v) is 4.79. The zero-order valence-electron chi connectivity index (χ0n) is 11.1. The Morgan fingerprint density at radius 2 is 2.20 bits per heavy atom. The second-order valence-electron chi connectivity index (χ2n) is 5.66. The predicted octanol–water partition coefficient (Wildman–Crippen LogP) is 2.54. The summed E-state index contributed by atoms with van der Waals surface area (Å²) in [6, 6.07) is 7.02. The SMILES string of the molecule is N#Cc1cc(NC(=O)C2CC23CCNCC3)ccc1Cl. The molecule has 0 radical (unpaired) electrons. The molecule has 1 aromatic rings. The molecule has 5 heteroatoms. The summed E-state index contributed by atoms with van der Waals surface area (Å²) in [4.78, 5) is 12.3. The smallest absolute Gasteiger partial charge is 0.228 e. The molecular formula is C15H16ClN3O. The average Bonchev–Trinajstić information content (AvgIpc) is 3.15. The first kappa shape index (κ1) is 13.4. The summed E-state index contributed by atoms with van der Waals surface area (Å²) < 4.78 is 0. The van der Waals surface area contributed by atoms with Crippen molar-refractivity contribution in [3.8, 4) is 6.07 Å². The minimum absolute atomic E-state index is 0.0677. The van der Waals surface area contributed by atoms with Gasteiger partial charge in [0.1, 0.15) is 6.07 Å². The second kappa shape index (κ2) is 5.08. The Kier molecular flexibility index (Phi) is 3.41. The van der Waals surface area contributed by atoms with E-state index in [0.29, 0.717) is 16.3 Å². The monoisotopic (exact) mass is 289 g/mol. The van der Waals surface area contributed by atoms with Gasteiger partial charge in [-0.05, 0) is 56.0 Å². The number of halogens is 1. The minimum atomic E-state index is 0.0677. The predicted molar refractivity (Wildman–Crippen MR) is 77.4 cm³/mol. The van der Waals surface area contributed by atoms with Crippen LogP contribution in [-0.2, 0) is 4.79 Å². The molecule has 1 unspecified atom stereocenters. The molecular weight excluding hydrogens is 274 g/mol. The van der Waals surface area contributed by atoms with Gasteiger partial charge in [-0.15, -0.1) is 0 Å². The van der Waals surface area contributed by atoms with Crippen LogP contribution in [0.25, 0.3) is 0 Å². The molecule has 1 aromatic carbocycles. The zero-order chi connectivity index (χ0) is 14.2. The number of nitriles is 1. The van der Waals surface area contributed by atoms with E-state index in [9.17, 15) is 4.79 Å². The number of anilines is 1. The number of nitrogens with one attached hydrogen (secondary N) is 2. The van der Waals surface area contributed by atoms with E-state index in [1.807, 2.05) is 6.07 Å². The van der Waals surface area contributed by atoms with Crippen molar-refractivity contribution in [2.24, 2.45) is 11.3 Å². The number of piperidine rings is 1. The molecule has 0 aromatic heterocycles. The van der Waals surface area contributed by atoms with Crippen LogP contribution in [0.1, 0.15) is 24.8 Å². The molecule has 2 aliphatic rings. The first-order valence-corrected chi connectivity index (χ1v) is 7.24. The largest absolute Gasteiger partial charge is 0.326 e. The normalized spacial score (nSPS) is 23.1. The number of hydrogen-bond donors (Lipinski definition) is 2. The van der Waals surface area contributed by atoms with Crippen LogP contribution in [0.2, 0.25) is 5.02 Å². The van der Waals surface area contributed by atoms with Gasteiger partial charge < -0.3 is 10.6 Å². The van der Waals surface area contributed by atoms with Crippen molar-refractivity contribution >= 4 is 23.2 Å². The van der Waals surface area contributed by atoms with Crippen molar-refractivity contribution in [2.75, 3.05) is 18.4 Å². The molecule has 1 aliphatic carbocycles. The van der Waals surface area contributed by atoms with Gasteiger partial charge in [-0.2, -0.15) is 5.26 Å². The number of carbonyl (C=O) groups excluding carboxylic acids is 1. The number of amides is 1. The Morgan fingerprint density at radius 3 is 2.90 bits per heavy atom. The molecule has 1 aliphatic heterocycles. The molecule has 1 saturated carbocycles. The van der Waals surface area contributed by atoms with E-state index < -0.39 is 0 Å². The van der Waals surface area contributed by atoms with E-state index in [4.69, 9.17) is 16.9 Å². The quantitative estimate of drug-likeness (QED) is 0.879. The molecule has 1 heterocycles. The highest BCUT2D eigenvalue weighted by Crippen LogP contribution is 2.58. The summed E-state index contributed by atoms with van der Waals surface area (Å²) in [6.45, 7) is 2.01. The highest BCUT2D eigenvalue weighted by molar-refractivity contribution is 6.31. The highest BCUT2D eigenvalue weighted by Gasteiger charge is 2.57. The number of nitrogens with zero attached hydrogens (tertiary/aromatic N) is 1. The molecule has 2 N–H and O–H groups in total. The third kappa shape index (κ3) is 2.39. The van der Waals surface area contributed by atoms with Crippen LogP contribution in [0, 0.1) is 22.7 Å². The Labute approximate surface area is 123 Å². The summed E-state index contributed by atoms with van der Waals surface area (Å²) in [7, 11) is 0. The van der Waals surface area contributed by atoms with E-state index in [2.05, 4.69) is 10.6 Å². The van der Waals surface area contributed by atoms with Crippen molar-refractivity contribution < 1.29 is 4.79 Å². The van der Waals surface area contributed by atoms with Gasteiger partial charge in [0, 0.05) is 11.6 Å². The van der Waals surface area contributed by atoms with Gasteiger partial charge in [0.05, 0.1) is 10.6 Å². The van der Waals surface area contributed by atoms with Crippen LogP contribution in [0.3, 0.4) is 0 Å². The molecule has 0 bridgehead atoms. The summed E-state index contributed by atoms with van der Waals surface area (Å²) in [5.74, 6) is 0.184. The van der Waals surface area contributed by atoms with Crippen LogP contribution < -0.4 is 10.6 Å². The highest BCUT2D eigenvalue weighted by atomic mass is 35.5. The van der Waals surface area contributed by atoms with E-state index >= 15 is 0 Å². The number of carbonyl (C=O) groups is 1. The van der Waals surface area contributed by atoms with Gasteiger partial charge in [-0.25, -0.2) is 0 Å². The Hall–Kier alpha value is -1.57. The molecule has 2 fully saturated rings. The standard InChI is InChI=1S/C15H16ClN3O/c16-13-2-1-11(7-10(13)9-17)19-14(20)12-8-15(12)3-5-18-6-4-15/h1-2,7,12,18H,3-6,8H2,(H,19,20). The second-order valence-corrected chi connectivity index (χ2v) is 6.07. The van der Waals surface area contributed by atoms with E-state index in [-0.39, 0.29) is 17.2 Å². The van der Waals surface area contributed by atoms with Crippen LogP contribution in [0.5, 0.6) is 0 Å². The van der Waals surface area contributed by atoms with E-state index in [1.165, 1.54) is 0 Å². The Balaban J connectivity index is 1.67. The molecule has 20 heavy (non-hydrogen) atoms. The van der Waals surface area contributed by atoms with Crippen molar-refractivity contribution in [1.29, 1.82) is 5.26 Å². The molecule has 1 atom stereocenters. The number of rotatable bonds is 2. The number of benzene rings is 1. The number of hydrogen-bond acceptors (Lipinski definition) is 3. The van der Waals surface area contributed by atoms with Crippen molar-refractivity contribution in [2.45, 2.75) is 19.3 Å². The lowest BCUT2D eigenvalue weighted by Gasteiger charge is -2.23. The van der Waals surface area contributed by atoms with Gasteiger partial charge in [0.25, 0.3) is 0 Å². The van der Waals surface area contributed by atoms with E-state index in [0.717, 1.165) is 32.4 Å². The average molecular weight is 290 g/mol. The summed E-state index contributed by atoms with van der Waals surface area (Å²) in [5, 5.41) is 15.6. The molecule has 4 nitrogen and oxygen atoms in total. The summed E-state index contributed by atoms with van der Waals surface area (Å²) in [5.41, 5.74) is 1.25. The first-order valence-electron chi connectivity index (χ1n) is 6.86. The van der Waals surface area contributed by atoms with Crippen molar-refractivity contribution in [3.63, 3.8) is 0 Å². The van der Waals surface area contributed by atoms with E-state index in [1.54, 1.807) is 18.2 Å². The van der Waals surface area contributed by atoms with Gasteiger partial charge in [-0.1, -0.05) is 11.6 Å². The lowest BCUT2D eigenvalue weighted by atomic mass is 9.92. The maximum Gasteiger partial charge on any atom is 0.228 e. The molecule has 1 saturated heterocycles. The van der Waals surface area contributed by atoms with Crippen molar-refractivity contribution in [3.05, 3.63) is 28.8 Å². The fraction of sp³-hybridized carbons (Fsp3) is 0.467. The maximum atomic E-state index is 12.3. The Bertz CT molecular complexity index is 587. The molecule has 1 amide bonds. The van der Waals surface area contributed by atoms with Gasteiger partial charge in [0.2, 0.25) is 5.91 Å². The molecule has 3 rings (SSSR count).